The van der Waals surface area contributed by atoms with Crippen molar-refractivity contribution in [2.24, 2.45) is 0 Å². The number of benzene rings is 5. The molecule has 6 atom stereocenters. The van der Waals surface area contributed by atoms with E-state index in [1.54, 1.807) is 12.1 Å². The number of amides is 1. The van der Waals surface area contributed by atoms with Gasteiger partial charge in [0, 0.05) is 21.7 Å². The van der Waals surface area contributed by atoms with E-state index >= 15 is 0 Å². The largest absolute Gasteiger partial charge is 0.346 e. The van der Waals surface area contributed by atoms with E-state index in [1.165, 1.54) is 0 Å². The molecule has 1 unspecified atom stereocenters. The predicted octanol–water partition coefficient (Wildman–Crippen LogP) is 7.51. The molecule has 0 aliphatic carbocycles. The molecule has 0 spiro atoms. The van der Waals surface area contributed by atoms with Gasteiger partial charge in [0.05, 0.1) is 21.4 Å². The maximum Gasteiger partial charge on any atom is 0.251 e. The van der Waals surface area contributed by atoms with Gasteiger partial charge in [-0.05, 0) is 69.7 Å². The molecular weight excluding hydrogens is 657 g/mol. The van der Waals surface area contributed by atoms with Crippen molar-refractivity contribution in [1.29, 1.82) is 0 Å². The van der Waals surface area contributed by atoms with Crippen molar-refractivity contribution in [3.63, 3.8) is 0 Å². The third-order valence-electron chi connectivity index (χ3n) is 9.11. The van der Waals surface area contributed by atoms with Crippen molar-refractivity contribution in [2.75, 3.05) is 6.61 Å². The Kier molecular flexibility index (Phi) is 11.0. The molecule has 0 bridgehead atoms. The number of nitrogens with one attached hydrogen (secondary N) is 1. The molecule has 5 aromatic rings. The minimum absolute atomic E-state index is 0.252. The average Bonchev–Trinajstić information content (AvgIpc) is 3.13. The fourth-order valence-corrected chi connectivity index (χ4v) is 9.20. The second kappa shape index (κ2) is 16.0. The van der Waals surface area contributed by atoms with Crippen molar-refractivity contribution in [2.45, 2.75) is 71.2 Å². The third kappa shape index (κ3) is 8.48. The summed E-state index contributed by atoms with van der Waals surface area (Å²) in [5, 5.41) is 5.45. The van der Waals surface area contributed by atoms with Gasteiger partial charge in [0.1, 0.15) is 24.4 Å². The highest BCUT2D eigenvalue weighted by Gasteiger charge is 2.53. The molecule has 7 rings (SSSR count). The van der Waals surface area contributed by atoms with Crippen molar-refractivity contribution >= 4 is 24.7 Å². The first-order valence-electron chi connectivity index (χ1n) is 17.4. The fourth-order valence-electron chi connectivity index (χ4n) is 6.88. The normalized spacial score (nSPS) is 23.1. The zero-order valence-electron chi connectivity index (χ0n) is 29.4. The molecule has 0 radical (unpaired) electrons. The van der Waals surface area contributed by atoms with Gasteiger partial charge in [0.25, 0.3) is 5.91 Å². The molecule has 7 nitrogen and oxygen atoms in total. The van der Waals surface area contributed by atoms with Gasteiger partial charge in [-0.1, -0.05) is 113 Å². The zero-order chi connectivity index (χ0) is 35.3. The van der Waals surface area contributed by atoms with Gasteiger partial charge >= 0.3 is 0 Å². The van der Waals surface area contributed by atoms with Crippen LogP contribution in [0.15, 0.2) is 127 Å². The summed E-state index contributed by atoms with van der Waals surface area (Å²) in [7, 11) is -1.40. The molecule has 262 valence electrons. The molecule has 2 aliphatic rings. The van der Waals surface area contributed by atoms with Gasteiger partial charge in [-0.3, -0.25) is 4.79 Å². The predicted molar refractivity (Wildman–Crippen MR) is 200 cm³/mol. The van der Waals surface area contributed by atoms with Crippen LogP contribution in [0.1, 0.15) is 50.0 Å². The van der Waals surface area contributed by atoms with E-state index < -0.39 is 45.1 Å². The Balaban J connectivity index is 1.33. The molecule has 2 heterocycles. The average molecular weight is 702 g/mol. The van der Waals surface area contributed by atoms with Crippen LogP contribution in [0.3, 0.4) is 0 Å². The van der Waals surface area contributed by atoms with E-state index in [4.69, 9.17) is 23.5 Å². The Labute approximate surface area is 301 Å². The smallest absolute Gasteiger partial charge is 0.251 e. The molecule has 5 aromatic carbocycles. The highest BCUT2D eigenvalue weighted by Crippen LogP contribution is 2.44. The maximum atomic E-state index is 14.0. The highest BCUT2D eigenvalue weighted by atomic mass is 31.1. The van der Waals surface area contributed by atoms with E-state index in [2.05, 4.69) is 69.4 Å². The Bertz CT molecular complexity index is 1830. The van der Waals surface area contributed by atoms with Gasteiger partial charge in [0.15, 0.2) is 12.6 Å². The number of carbonyl (C=O) groups is 1. The minimum Gasteiger partial charge on any atom is -0.346 e. The van der Waals surface area contributed by atoms with Crippen LogP contribution in [0.2, 0.25) is 0 Å². The van der Waals surface area contributed by atoms with Crippen LogP contribution in [-0.4, -0.2) is 43.2 Å². The van der Waals surface area contributed by atoms with Gasteiger partial charge in [-0.15, -0.1) is 0 Å². The summed E-state index contributed by atoms with van der Waals surface area (Å²) in [5.74, 6) is -0.252. The Morgan fingerprint density at radius 1 is 0.725 bits per heavy atom. The zero-order valence-corrected chi connectivity index (χ0v) is 30.3. The van der Waals surface area contributed by atoms with Crippen molar-refractivity contribution in [1.82, 2.24) is 5.32 Å². The summed E-state index contributed by atoms with van der Waals surface area (Å²) in [6, 6.07) is 41.4. The number of carbonyl (C=O) groups excluding carboxylic acids is 1. The van der Waals surface area contributed by atoms with Crippen LogP contribution in [-0.2, 0) is 30.1 Å². The molecule has 1 N–H and O–H groups in total. The highest BCUT2D eigenvalue weighted by molar-refractivity contribution is 7.68. The Morgan fingerprint density at radius 2 is 1.27 bits per heavy atom. The van der Waals surface area contributed by atoms with Crippen LogP contribution < -0.4 is 15.9 Å². The van der Waals surface area contributed by atoms with E-state index in [0.717, 1.165) is 44.0 Å². The topological polar surface area (TPSA) is 75.3 Å². The summed E-state index contributed by atoms with van der Waals surface area (Å²) >= 11 is 0. The van der Waals surface area contributed by atoms with E-state index in [-0.39, 0.29) is 19.1 Å². The first-order chi connectivity index (χ1) is 24.8. The van der Waals surface area contributed by atoms with Crippen LogP contribution in [0, 0.1) is 27.7 Å². The third-order valence-corrected chi connectivity index (χ3v) is 11.0. The monoisotopic (exact) mass is 701 g/mol. The van der Waals surface area contributed by atoms with Crippen molar-refractivity contribution in [3.8, 4) is 0 Å². The van der Waals surface area contributed by atoms with Crippen LogP contribution in [0.4, 0.5) is 0 Å². The lowest BCUT2D eigenvalue weighted by Gasteiger charge is -2.50. The van der Waals surface area contributed by atoms with Crippen LogP contribution >= 0.6 is 8.15 Å². The molecule has 1 amide bonds. The number of ether oxygens (including phenoxy) is 4. The second-order valence-electron chi connectivity index (χ2n) is 13.4. The lowest BCUT2D eigenvalue weighted by atomic mass is 9.95. The quantitative estimate of drug-likeness (QED) is 0.152. The SMILES string of the molecule is Cc1cc(C)cc(P(O[C@H]2[C@@H](NC(=O)c3ccccc3)[C@@H](OCc3ccccc3)O[C@@H]3COC(c4ccccc4)O[C@@H]23)c2cc(C)cc(C)c2)c1. The Hall–Kier alpha value is -4.20. The number of fused-ring (bicyclic) bond motifs is 1. The second-order valence-corrected chi connectivity index (χ2v) is 15.3. The van der Waals surface area contributed by atoms with Crippen LogP contribution in [0.5, 0.6) is 0 Å². The van der Waals surface area contributed by atoms with Gasteiger partial charge < -0.3 is 28.8 Å². The molecule has 0 aromatic heterocycles. The first kappa shape index (κ1) is 35.2. The van der Waals surface area contributed by atoms with Crippen LogP contribution in [0.25, 0.3) is 0 Å². The van der Waals surface area contributed by atoms with Gasteiger partial charge in [-0.2, -0.15) is 0 Å². The van der Waals surface area contributed by atoms with Gasteiger partial charge in [0.2, 0.25) is 0 Å². The number of rotatable bonds is 10. The minimum atomic E-state index is -1.40. The number of hydrogen-bond donors (Lipinski definition) is 1. The lowest BCUT2D eigenvalue weighted by molar-refractivity contribution is -0.341. The maximum absolute atomic E-state index is 14.0. The molecule has 2 aliphatic heterocycles. The van der Waals surface area contributed by atoms with E-state index in [9.17, 15) is 4.79 Å². The van der Waals surface area contributed by atoms with Crippen molar-refractivity contribution < 1.29 is 28.3 Å². The van der Waals surface area contributed by atoms with E-state index in [1.807, 2.05) is 78.9 Å². The fraction of sp³-hybridized carbons (Fsp3) is 0.279. The molecule has 0 saturated carbocycles. The van der Waals surface area contributed by atoms with E-state index in [0.29, 0.717) is 5.56 Å². The van der Waals surface area contributed by atoms with Crippen molar-refractivity contribution in [3.05, 3.63) is 166 Å². The lowest BCUT2D eigenvalue weighted by Crippen LogP contribution is -2.67. The van der Waals surface area contributed by atoms with Gasteiger partial charge in [-0.25, -0.2) is 0 Å². The summed E-state index contributed by atoms with van der Waals surface area (Å²) in [6.07, 6.45) is -3.29. The summed E-state index contributed by atoms with van der Waals surface area (Å²) in [6.45, 7) is 8.98. The summed E-state index contributed by atoms with van der Waals surface area (Å²) in [4.78, 5) is 14.0. The first-order valence-corrected chi connectivity index (χ1v) is 18.7. The molecule has 2 saturated heterocycles. The number of hydrogen-bond acceptors (Lipinski definition) is 6. The molecular formula is C43H44NO6P. The molecule has 8 heteroatoms. The molecule has 51 heavy (non-hydrogen) atoms. The summed E-state index contributed by atoms with van der Waals surface area (Å²) < 4.78 is 33.8. The Morgan fingerprint density at radius 3 is 1.86 bits per heavy atom. The number of aryl methyl sites for hydroxylation is 4. The summed E-state index contributed by atoms with van der Waals surface area (Å²) in [5.41, 5.74) is 7.02. The molecule has 2 fully saturated rings. The standard InChI is InChI=1S/C43H44NO6P/c1-28-20-29(2)23-35(22-28)51(36-24-30(3)21-31(4)25-36)50-40-38(44-41(45)33-16-10-6-11-17-33)43(46-26-32-14-8-5-9-15-32)48-37-27-47-42(49-39(37)40)34-18-12-7-13-19-34/h5-25,37-40,42-43H,26-27H2,1-4H3,(H,44,45)/t37-,38-,39-,40+,42?,43+/m1/s1.